The van der Waals surface area contributed by atoms with Gasteiger partial charge >= 0.3 is 6.18 Å². The molecule has 1 atom stereocenters. The van der Waals surface area contributed by atoms with E-state index in [9.17, 15) is 22.0 Å². The maximum atomic E-state index is 13.4. The topological polar surface area (TPSA) is 35.2 Å². The van der Waals surface area contributed by atoms with Crippen LogP contribution in [-0.2, 0) is 0 Å². The second-order valence-electron chi connectivity index (χ2n) is 3.43. The second-order valence-corrected chi connectivity index (χ2v) is 3.87. The zero-order valence-corrected chi connectivity index (χ0v) is 9.83. The molecule has 0 saturated heterocycles. The Bertz CT molecular complexity index is 451. The third-order valence-corrected chi connectivity index (χ3v) is 2.27. The molecule has 1 unspecified atom stereocenters. The molecule has 0 aliphatic carbocycles. The first kappa shape index (κ1) is 14.6. The molecule has 0 radical (unpaired) electrons. The Labute approximate surface area is 105 Å². The van der Waals surface area contributed by atoms with Gasteiger partial charge in [-0.25, -0.2) is 8.78 Å². The molecule has 0 spiro atoms. The molecule has 2 nitrogen and oxygen atoms in total. The van der Waals surface area contributed by atoms with Crippen molar-refractivity contribution in [3.05, 3.63) is 29.3 Å². The van der Waals surface area contributed by atoms with Crippen LogP contribution in [0.5, 0.6) is 5.75 Å². The monoisotopic (exact) mass is 285 g/mol. The average molecular weight is 285 g/mol. The summed E-state index contributed by atoms with van der Waals surface area (Å²) >= 11 is 4.50. The normalized spacial score (nSPS) is 13.2. The Kier molecular flexibility index (Phi) is 4.10. The van der Waals surface area contributed by atoms with Gasteiger partial charge in [0, 0.05) is 5.56 Å². The number of halogens is 5. The third kappa shape index (κ3) is 3.28. The molecule has 8 heteroatoms. The number of benzene rings is 1. The second kappa shape index (κ2) is 5.05. The van der Waals surface area contributed by atoms with E-state index in [4.69, 9.17) is 5.73 Å². The quantitative estimate of drug-likeness (QED) is 0.685. The molecule has 1 rings (SSSR count). The summed E-state index contributed by atoms with van der Waals surface area (Å²) in [5, 5.41) is 0. The standard InChI is InChI=1S/C10H8F5NOS/c1-4(10(13,14)15)17-8-6(11)2-5(9(16)18)3-7(8)12/h2-4H,1H3,(H2,16,18). The summed E-state index contributed by atoms with van der Waals surface area (Å²) in [6, 6.07) is 1.42. The number of alkyl halides is 3. The van der Waals surface area contributed by atoms with Crippen molar-refractivity contribution in [1.29, 1.82) is 0 Å². The minimum atomic E-state index is -4.72. The van der Waals surface area contributed by atoms with Gasteiger partial charge in [-0.15, -0.1) is 0 Å². The van der Waals surface area contributed by atoms with Crippen LogP contribution in [0, 0.1) is 11.6 Å². The largest absolute Gasteiger partial charge is 0.475 e. The summed E-state index contributed by atoms with van der Waals surface area (Å²) in [7, 11) is 0. The van der Waals surface area contributed by atoms with E-state index in [1.54, 1.807) is 0 Å². The molecule has 0 aliphatic heterocycles. The number of ether oxygens (including phenoxy) is 1. The van der Waals surface area contributed by atoms with Crippen LogP contribution in [-0.4, -0.2) is 17.3 Å². The number of nitrogens with two attached hydrogens (primary N) is 1. The first-order valence-electron chi connectivity index (χ1n) is 4.65. The van der Waals surface area contributed by atoms with Crippen LogP contribution in [0.2, 0.25) is 0 Å². The fraction of sp³-hybridized carbons (Fsp3) is 0.300. The van der Waals surface area contributed by atoms with E-state index in [-0.39, 0.29) is 10.6 Å². The average Bonchev–Trinajstić information content (AvgIpc) is 2.21. The molecular formula is C10H8F5NOS. The Morgan fingerprint density at radius 2 is 1.72 bits per heavy atom. The van der Waals surface area contributed by atoms with Crippen LogP contribution in [0.25, 0.3) is 0 Å². The fourth-order valence-corrected chi connectivity index (χ4v) is 1.18. The van der Waals surface area contributed by atoms with Crippen LogP contribution < -0.4 is 10.5 Å². The molecule has 1 aromatic carbocycles. The number of hydrogen-bond acceptors (Lipinski definition) is 2. The van der Waals surface area contributed by atoms with E-state index in [0.717, 1.165) is 0 Å². The lowest BCUT2D eigenvalue weighted by atomic mass is 10.2. The van der Waals surface area contributed by atoms with Gasteiger partial charge in [-0.1, -0.05) is 12.2 Å². The van der Waals surface area contributed by atoms with Crippen molar-refractivity contribution in [1.82, 2.24) is 0 Å². The smallest absolute Gasteiger partial charge is 0.425 e. The van der Waals surface area contributed by atoms with E-state index < -0.39 is 29.7 Å². The molecule has 2 N–H and O–H groups in total. The molecule has 0 aliphatic rings. The molecule has 0 heterocycles. The third-order valence-electron chi connectivity index (χ3n) is 2.04. The molecule has 0 fully saturated rings. The highest BCUT2D eigenvalue weighted by Crippen LogP contribution is 2.29. The van der Waals surface area contributed by atoms with Gasteiger partial charge < -0.3 is 10.5 Å². The minimum Gasteiger partial charge on any atom is -0.475 e. The fourth-order valence-electron chi connectivity index (χ4n) is 1.06. The molecular weight excluding hydrogens is 277 g/mol. The van der Waals surface area contributed by atoms with Crippen molar-refractivity contribution in [2.45, 2.75) is 19.2 Å². The van der Waals surface area contributed by atoms with E-state index in [2.05, 4.69) is 17.0 Å². The van der Waals surface area contributed by atoms with Crippen molar-refractivity contribution >= 4 is 17.2 Å². The van der Waals surface area contributed by atoms with Gasteiger partial charge in [0.15, 0.2) is 23.5 Å². The maximum Gasteiger partial charge on any atom is 0.425 e. The van der Waals surface area contributed by atoms with E-state index >= 15 is 0 Å². The highest BCUT2D eigenvalue weighted by atomic mass is 32.1. The van der Waals surface area contributed by atoms with Crippen molar-refractivity contribution in [3.8, 4) is 5.75 Å². The summed E-state index contributed by atoms with van der Waals surface area (Å²) in [4.78, 5) is -0.275. The van der Waals surface area contributed by atoms with Gasteiger partial charge in [0.05, 0.1) is 0 Å². The molecule has 100 valence electrons. The van der Waals surface area contributed by atoms with Crippen molar-refractivity contribution in [3.63, 3.8) is 0 Å². The van der Waals surface area contributed by atoms with Gasteiger partial charge in [0.2, 0.25) is 0 Å². The van der Waals surface area contributed by atoms with Gasteiger partial charge in [-0.3, -0.25) is 0 Å². The SMILES string of the molecule is CC(Oc1c(F)cc(C(N)=S)cc1F)C(F)(F)F. The Balaban J connectivity index is 3.08. The first-order valence-corrected chi connectivity index (χ1v) is 5.06. The molecule has 1 aromatic rings. The number of thiocarbonyl (C=S) groups is 1. The first-order chi connectivity index (χ1) is 8.12. The van der Waals surface area contributed by atoms with E-state index in [0.29, 0.717) is 19.1 Å². The lowest BCUT2D eigenvalue weighted by molar-refractivity contribution is -0.190. The summed E-state index contributed by atoms with van der Waals surface area (Å²) in [5.74, 6) is -3.71. The predicted octanol–water partition coefficient (Wildman–Crippen LogP) is 2.93. The van der Waals surface area contributed by atoms with Crippen LogP contribution in [0.1, 0.15) is 12.5 Å². The van der Waals surface area contributed by atoms with Crippen molar-refractivity contribution in [2.24, 2.45) is 5.73 Å². The van der Waals surface area contributed by atoms with Crippen LogP contribution in [0.15, 0.2) is 12.1 Å². The summed E-state index contributed by atoms with van der Waals surface area (Å²) < 4.78 is 67.5. The minimum absolute atomic E-state index is 0.132. The lowest BCUT2D eigenvalue weighted by Crippen LogP contribution is -2.31. The summed E-state index contributed by atoms with van der Waals surface area (Å²) in [6.45, 7) is 0.639. The lowest BCUT2D eigenvalue weighted by Gasteiger charge is -2.18. The molecule has 0 amide bonds. The van der Waals surface area contributed by atoms with Gasteiger partial charge in [0.1, 0.15) is 4.99 Å². The van der Waals surface area contributed by atoms with E-state index in [1.807, 2.05) is 0 Å². The Morgan fingerprint density at radius 1 is 1.28 bits per heavy atom. The molecule has 0 aromatic heterocycles. The Morgan fingerprint density at radius 3 is 2.06 bits per heavy atom. The maximum absolute atomic E-state index is 13.4. The van der Waals surface area contributed by atoms with Crippen LogP contribution in [0.4, 0.5) is 22.0 Å². The summed E-state index contributed by atoms with van der Waals surface area (Å²) in [5.41, 5.74) is 5.02. The van der Waals surface area contributed by atoms with Crippen LogP contribution in [0.3, 0.4) is 0 Å². The van der Waals surface area contributed by atoms with Crippen LogP contribution >= 0.6 is 12.2 Å². The number of hydrogen-bond donors (Lipinski definition) is 1. The van der Waals surface area contributed by atoms with Gasteiger partial charge in [0.25, 0.3) is 0 Å². The zero-order valence-electron chi connectivity index (χ0n) is 9.02. The highest BCUT2D eigenvalue weighted by Gasteiger charge is 2.39. The van der Waals surface area contributed by atoms with Gasteiger partial charge in [-0.05, 0) is 19.1 Å². The highest BCUT2D eigenvalue weighted by molar-refractivity contribution is 7.80. The summed E-state index contributed by atoms with van der Waals surface area (Å²) in [6.07, 6.45) is -7.06. The molecule has 18 heavy (non-hydrogen) atoms. The zero-order chi connectivity index (χ0) is 14.1. The predicted molar refractivity (Wildman–Crippen MR) is 58.4 cm³/mol. The van der Waals surface area contributed by atoms with E-state index in [1.165, 1.54) is 0 Å². The van der Waals surface area contributed by atoms with Crippen molar-refractivity contribution < 1.29 is 26.7 Å². The molecule has 0 bridgehead atoms. The molecule has 0 saturated carbocycles. The van der Waals surface area contributed by atoms with Crippen molar-refractivity contribution in [2.75, 3.05) is 0 Å². The number of rotatable bonds is 3. The van der Waals surface area contributed by atoms with Gasteiger partial charge in [-0.2, -0.15) is 13.2 Å². The Hall–Kier alpha value is -1.44.